The third-order valence-electron chi connectivity index (χ3n) is 2.67. The number of hydrogen-bond donors (Lipinski definition) is 1. The number of thioether (sulfide) groups is 1. The second-order valence-corrected chi connectivity index (χ2v) is 4.89. The number of carbonyl (C=O) groups excluding carboxylic acids is 1. The van der Waals surface area contributed by atoms with Crippen LogP contribution in [0.5, 0.6) is 0 Å². The second-order valence-electron chi connectivity index (χ2n) is 3.74. The van der Waals surface area contributed by atoms with Crippen molar-refractivity contribution in [3.8, 4) is 0 Å². The summed E-state index contributed by atoms with van der Waals surface area (Å²) in [5.41, 5.74) is 2.11. The standard InChI is InChI=1S/C12H10N2OS/c15-10-3-1-2-8-6-14-9-7-13-5-4-11(9)16-12(8)10/h1,3-7,12,14H,2H2. The number of pyridine rings is 1. The number of nitrogens with zero attached hydrogens (tertiary/aromatic N) is 1. The van der Waals surface area contributed by atoms with Gasteiger partial charge in [-0.2, -0.15) is 0 Å². The van der Waals surface area contributed by atoms with E-state index in [9.17, 15) is 4.79 Å². The van der Waals surface area contributed by atoms with Crippen LogP contribution < -0.4 is 5.32 Å². The van der Waals surface area contributed by atoms with Crippen molar-refractivity contribution in [1.29, 1.82) is 0 Å². The molecular weight excluding hydrogens is 220 g/mol. The Bertz CT molecular complexity index is 507. The molecule has 1 atom stereocenters. The normalized spacial score (nSPS) is 22.6. The zero-order valence-electron chi connectivity index (χ0n) is 8.51. The number of allylic oxidation sites excluding steroid dienone is 2. The quantitative estimate of drug-likeness (QED) is 0.743. The molecule has 3 nitrogen and oxygen atoms in total. The number of ketones is 1. The van der Waals surface area contributed by atoms with E-state index in [0.717, 1.165) is 22.6 Å². The Labute approximate surface area is 97.6 Å². The minimum atomic E-state index is -0.0684. The zero-order valence-corrected chi connectivity index (χ0v) is 9.33. The fourth-order valence-electron chi connectivity index (χ4n) is 1.85. The van der Waals surface area contributed by atoms with Crippen LogP contribution in [-0.4, -0.2) is 16.0 Å². The van der Waals surface area contributed by atoms with Crippen LogP contribution in [-0.2, 0) is 4.79 Å². The van der Waals surface area contributed by atoms with Crippen LogP contribution >= 0.6 is 11.8 Å². The molecular formula is C12H10N2OS. The number of fused-ring (bicyclic) bond motifs is 2. The highest BCUT2D eigenvalue weighted by atomic mass is 32.2. The summed E-state index contributed by atoms with van der Waals surface area (Å²) in [6, 6.07) is 1.94. The molecule has 3 rings (SSSR count). The maximum atomic E-state index is 11.8. The first-order chi connectivity index (χ1) is 7.84. The Balaban J connectivity index is 2.04. The van der Waals surface area contributed by atoms with Crippen molar-refractivity contribution in [3.05, 3.63) is 42.4 Å². The summed E-state index contributed by atoms with van der Waals surface area (Å²) in [5, 5.41) is 3.14. The molecule has 2 aliphatic rings. The van der Waals surface area contributed by atoms with E-state index < -0.39 is 0 Å². The Kier molecular flexibility index (Phi) is 2.29. The van der Waals surface area contributed by atoms with E-state index in [2.05, 4.69) is 10.3 Å². The molecule has 0 bridgehead atoms. The molecule has 4 heteroatoms. The summed E-state index contributed by atoms with van der Waals surface area (Å²) in [6.45, 7) is 0. The van der Waals surface area contributed by atoms with Gasteiger partial charge in [0.1, 0.15) is 0 Å². The van der Waals surface area contributed by atoms with Crippen LogP contribution in [0.25, 0.3) is 0 Å². The molecule has 1 aromatic heterocycles. The molecule has 0 saturated heterocycles. The first kappa shape index (κ1) is 9.66. The lowest BCUT2D eigenvalue weighted by Crippen LogP contribution is -2.20. The first-order valence-electron chi connectivity index (χ1n) is 5.11. The van der Waals surface area contributed by atoms with Gasteiger partial charge in [-0.05, 0) is 24.1 Å². The van der Waals surface area contributed by atoms with Crippen molar-refractivity contribution in [1.82, 2.24) is 4.98 Å². The fraction of sp³-hybridized carbons (Fsp3) is 0.167. The minimum absolute atomic E-state index is 0.0684. The SMILES string of the molecule is O=C1C=CCC2=CNc3cnccc3SC12. The lowest BCUT2D eigenvalue weighted by molar-refractivity contribution is -0.113. The number of rotatable bonds is 0. The third-order valence-corrected chi connectivity index (χ3v) is 4.05. The molecule has 16 heavy (non-hydrogen) atoms. The predicted molar refractivity (Wildman–Crippen MR) is 64.4 cm³/mol. The predicted octanol–water partition coefficient (Wildman–Crippen LogP) is 2.38. The molecule has 0 fully saturated rings. The van der Waals surface area contributed by atoms with Gasteiger partial charge in [0, 0.05) is 17.3 Å². The molecule has 1 N–H and O–H groups in total. The lowest BCUT2D eigenvalue weighted by Gasteiger charge is -2.17. The summed E-state index contributed by atoms with van der Waals surface area (Å²) in [4.78, 5) is 16.9. The van der Waals surface area contributed by atoms with Crippen LogP contribution in [0.3, 0.4) is 0 Å². The average molecular weight is 230 g/mol. The second kappa shape index (κ2) is 3.79. The van der Waals surface area contributed by atoms with Gasteiger partial charge < -0.3 is 5.32 Å². The molecule has 0 amide bonds. The minimum Gasteiger partial charge on any atom is -0.360 e. The van der Waals surface area contributed by atoms with Gasteiger partial charge in [-0.15, -0.1) is 11.8 Å². The van der Waals surface area contributed by atoms with Gasteiger partial charge in [0.25, 0.3) is 0 Å². The fourth-order valence-corrected chi connectivity index (χ4v) is 2.99. The molecule has 0 saturated carbocycles. The molecule has 0 spiro atoms. The van der Waals surface area contributed by atoms with Crippen molar-refractivity contribution in [2.75, 3.05) is 5.32 Å². The third kappa shape index (κ3) is 1.55. The summed E-state index contributed by atoms with van der Waals surface area (Å²) >= 11 is 1.60. The van der Waals surface area contributed by atoms with Gasteiger partial charge in [0.15, 0.2) is 5.78 Å². The van der Waals surface area contributed by atoms with Gasteiger partial charge >= 0.3 is 0 Å². The Morgan fingerprint density at radius 3 is 3.38 bits per heavy atom. The molecule has 1 aliphatic heterocycles. The van der Waals surface area contributed by atoms with Crippen molar-refractivity contribution in [2.45, 2.75) is 16.6 Å². The Morgan fingerprint density at radius 1 is 1.50 bits per heavy atom. The smallest absolute Gasteiger partial charge is 0.172 e. The Hall–Kier alpha value is -1.55. The molecule has 1 unspecified atom stereocenters. The van der Waals surface area contributed by atoms with E-state index in [-0.39, 0.29) is 11.0 Å². The summed E-state index contributed by atoms with van der Waals surface area (Å²) in [6.07, 6.45) is 9.92. The molecule has 1 aliphatic carbocycles. The van der Waals surface area contributed by atoms with Crippen LogP contribution in [0.2, 0.25) is 0 Å². The zero-order chi connectivity index (χ0) is 11.0. The highest BCUT2D eigenvalue weighted by Crippen LogP contribution is 2.38. The number of nitrogens with one attached hydrogen (secondary N) is 1. The van der Waals surface area contributed by atoms with Crippen LogP contribution in [0, 0.1) is 0 Å². The van der Waals surface area contributed by atoms with E-state index in [1.807, 2.05) is 18.3 Å². The van der Waals surface area contributed by atoms with Crippen LogP contribution in [0.1, 0.15) is 6.42 Å². The lowest BCUT2D eigenvalue weighted by atomic mass is 10.0. The van der Waals surface area contributed by atoms with Crippen molar-refractivity contribution >= 4 is 23.2 Å². The molecule has 0 aromatic carbocycles. The summed E-state index contributed by atoms with van der Waals surface area (Å²) < 4.78 is 0. The number of hydrogen-bond acceptors (Lipinski definition) is 4. The van der Waals surface area contributed by atoms with Crippen molar-refractivity contribution < 1.29 is 4.79 Å². The molecule has 0 radical (unpaired) electrons. The van der Waals surface area contributed by atoms with Gasteiger partial charge in [-0.3, -0.25) is 9.78 Å². The van der Waals surface area contributed by atoms with Gasteiger partial charge in [-0.1, -0.05) is 6.08 Å². The van der Waals surface area contributed by atoms with Crippen LogP contribution in [0.15, 0.2) is 47.3 Å². The monoisotopic (exact) mass is 230 g/mol. The van der Waals surface area contributed by atoms with Gasteiger partial charge in [-0.25, -0.2) is 0 Å². The van der Waals surface area contributed by atoms with Gasteiger partial charge in [0.05, 0.1) is 17.1 Å². The number of carbonyl (C=O) groups is 1. The van der Waals surface area contributed by atoms with E-state index in [0.29, 0.717) is 0 Å². The highest BCUT2D eigenvalue weighted by Gasteiger charge is 2.27. The maximum absolute atomic E-state index is 11.8. The van der Waals surface area contributed by atoms with E-state index in [1.165, 1.54) is 0 Å². The van der Waals surface area contributed by atoms with Crippen LogP contribution in [0.4, 0.5) is 5.69 Å². The number of anilines is 1. The van der Waals surface area contributed by atoms with Crippen molar-refractivity contribution in [2.24, 2.45) is 0 Å². The average Bonchev–Trinajstić information content (AvgIpc) is 2.50. The van der Waals surface area contributed by atoms with E-state index >= 15 is 0 Å². The molecule has 80 valence electrons. The summed E-state index contributed by atoms with van der Waals surface area (Å²) in [5.74, 6) is 0.175. The Morgan fingerprint density at radius 2 is 2.44 bits per heavy atom. The van der Waals surface area contributed by atoms with Crippen molar-refractivity contribution in [3.63, 3.8) is 0 Å². The maximum Gasteiger partial charge on any atom is 0.172 e. The molecule has 2 heterocycles. The van der Waals surface area contributed by atoms with E-state index in [1.54, 1.807) is 30.2 Å². The topological polar surface area (TPSA) is 42.0 Å². The van der Waals surface area contributed by atoms with E-state index in [4.69, 9.17) is 0 Å². The molecule has 1 aromatic rings. The number of aromatic nitrogens is 1. The van der Waals surface area contributed by atoms with Gasteiger partial charge in [0.2, 0.25) is 0 Å². The first-order valence-corrected chi connectivity index (χ1v) is 5.99. The largest absolute Gasteiger partial charge is 0.360 e. The highest BCUT2D eigenvalue weighted by molar-refractivity contribution is 8.01. The summed E-state index contributed by atoms with van der Waals surface area (Å²) in [7, 11) is 0.